The Labute approximate surface area is 73.0 Å². The van der Waals surface area contributed by atoms with Gasteiger partial charge in [-0.1, -0.05) is 29.8 Å². The Kier molecular flexibility index (Phi) is 3.77. The highest BCUT2D eigenvalue weighted by Crippen LogP contribution is 2.04. The molecule has 0 heterocycles. The summed E-state index contributed by atoms with van der Waals surface area (Å²) in [6.07, 6.45) is 0. The fourth-order valence-corrected chi connectivity index (χ4v) is 0.877. The van der Waals surface area contributed by atoms with Crippen molar-refractivity contribution in [3.63, 3.8) is 0 Å². The normalized spacial score (nSPS) is 10.2. The zero-order chi connectivity index (χ0) is 8.81. The van der Waals surface area contributed by atoms with Crippen LogP contribution in [0.25, 0.3) is 0 Å². The van der Waals surface area contributed by atoms with E-state index in [-0.39, 0.29) is 0 Å². The van der Waals surface area contributed by atoms with E-state index >= 15 is 0 Å². The van der Waals surface area contributed by atoms with Gasteiger partial charge in [-0.15, -0.1) is 0 Å². The van der Waals surface area contributed by atoms with Crippen LogP contribution in [0.4, 0.5) is 0 Å². The molecule has 0 aliphatic heterocycles. The van der Waals surface area contributed by atoms with Gasteiger partial charge in [0.2, 0.25) is 0 Å². The fourth-order valence-electron chi connectivity index (χ4n) is 0.877. The molecular weight excluding hydrogens is 152 g/mol. The summed E-state index contributed by atoms with van der Waals surface area (Å²) in [5, 5.41) is 0. The van der Waals surface area contributed by atoms with E-state index < -0.39 is 0 Å². The third-order valence-corrected chi connectivity index (χ3v) is 1.55. The predicted molar refractivity (Wildman–Crippen MR) is 47.6 cm³/mol. The van der Waals surface area contributed by atoms with Crippen molar-refractivity contribution in [2.24, 2.45) is 0 Å². The van der Waals surface area contributed by atoms with Crippen molar-refractivity contribution in [3.8, 4) is 0 Å². The molecule has 1 aromatic rings. The first-order valence-corrected chi connectivity index (χ1v) is 4.13. The molecule has 1 rings (SSSR count). The summed E-state index contributed by atoms with van der Waals surface area (Å²) in [4.78, 5) is 9.68. The lowest BCUT2D eigenvalue weighted by molar-refractivity contribution is -0.300. The minimum absolute atomic E-state index is 0.522. The van der Waals surface area contributed by atoms with Crippen molar-refractivity contribution < 1.29 is 9.78 Å². The first kappa shape index (κ1) is 9.23. The van der Waals surface area contributed by atoms with Gasteiger partial charge >= 0.3 is 0 Å². The molecule has 0 unspecified atom stereocenters. The Morgan fingerprint density at radius 3 is 2.33 bits per heavy atom. The minimum Gasteiger partial charge on any atom is -0.237 e. The Morgan fingerprint density at radius 1 is 1.08 bits per heavy atom. The third-order valence-electron chi connectivity index (χ3n) is 1.55. The van der Waals surface area contributed by atoms with Crippen LogP contribution in [-0.2, 0) is 16.4 Å². The lowest BCUT2D eigenvalue weighted by Gasteiger charge is -2.01. The molecule has 0 amide bonds. The quantitative estimate of drug-likeness (QED) is 0.388. The molecule has 0 saturated carbocycles. The van der Waals surface area contributed by atoms with Crippen molar-refractivity contribution in [2.75, 3.05) is 6.61 Å². The molecular formula is C10H14O2. The van der Waals surface area contributed by atoms with E-state index in [0.717, 1.165) is 5.56 Å². The second-order valence-electron chi connectivity index (χ2n) is 2.65. The average molecular weight is 166 g/mol. The molecule has 0 fully saturated rings. The molecule has 0 spiro atoms. The van der Waals surface area contributed by atoms with Crippen LogP contribution in [0.15, 0.2) is 24.3 Å². The van der Waals surface area contributed by atoms with Gasteiger partial charge in [0.15, 0.2) is 0 Å². The standard InChI is InChI=1S/C10H14O2/c1-3-11-12-8-10-6-4-9(2)5-7-10/h4-7H,3,8H2,1-2H3. The van der Waals surface area contributed by atoms with Gasteiger partial charge in [0.1, 0.15) is 6.61 Å². The van der Waals surface area contributed by atoms with Gasteiger partial charge in [-0.25, -0.2) is 9.78 Å². The van der Waals surface area contributed by atoms with E-state index in [0.29, 0.717) is 13.2 Å². The fraction of sp³-hybridized carbons (Fsp3) is 0.400. The summed E-state index contributed by atoms with van der Waals surface area (Å²) in [5.74, 6) is 0. The molecule has 66 valence electrons. The van der Waals surface area contributed by atoms with Crippen LogP contribution in [0.3, 0.4) is 0 Å². The summed E-state index contributed by atoms with van der Waals surface area (Å²) in [5.41, 5.74) is 2.39. The molecule has 2 nitrogen and oxygen atoms in total. The maximum atomic E-state index is 4.91. The smallest absolute Gasteiger partial charge is 0.107 e. The van der Waals surface area contributed by atoms with Crippen LogP contribution in [0.2, 0.25) is 0 Å². The highest BCUT2D eigenvalue weighted by atomic mass is 17.2. The van der Waals surface area contributed by atoms with Crippen molar-refractivity contribution in [1.82, 2.24) is 0 Å². The molecule has 0 N–H and O–H groups in total. The second kappa shape index (κ2) is 4.91. The topological polar surface area (TPSA) is 18.5 Å². The summed E-state index contributed by atoms with van der Waals surface area (Å²) >= 11 is 0. The van der Waals surface area contributed by atoms with Gasteiger partial charge in [-0.2, -0.15) is 0 Å². The number of benzene rings is 1. The Bertz CT molecular complexity index is 216. The molecule has 0 aliphatic rings. The number of hydrogen-bond donors (Lipinski definition) is 0. The van der Waals surface area contributed by atoms with E-state index in [9.17, 15) is 0 Å². The molecule has 0 saturated heterocycles. The Balaban J connectivity index is 2.37. The first-order valence-electron chi connectivity index (χ1n) is 4.13. The highest BCUT2D eigenvalue weighted by molar-refractivity contribution is 5.20. The summed E-state index contributed by atoms with van der Waals surface area (Å²) in [6, 6.07) is 8.19. The number of rotatable bonds is 4. The van der Waals surface area contributed by atoms with Gasteiger partial charge in [0, 0.05) is 0 Å². The molecule has 0 aromatic heterocycles. The maximum absolute atomic E-state index is 4.91. The summed E-state index contributed by atoms with van der Waals surface area (Å²) in [7, 11) is 0. The average Bonchev–Trinajstić information content (AvgIpc) is 2.09. The van der Waals surface area contributed by atoms with E-state index in [4.69, 9.17) is 9.78 Å². The van der Waals surface area contributed by atoms with E-state index in [1.54, 1.807) is 0 Å². The second-order valence-corrected chi connectivity index (χ2v) is 2.65. The van der Waals surface area contributed by atoms with Gasteiger partial charge in [-0.3, -0.25) is 0 Å². The van der Waals surface area contributed by atoms with Gasteiger partial charge in [0.25, 0.3) is 0 Å². The van der Waals surface area contributed by atoms with Gasteiger partial charge < -0.3 is 0 Å². The monoisotopic (exact) mass is 166 g/mol. The molecule has 0 bridgehead atoms. The van der Waals surface area contributed by atoms with E-state index in [1.165, 1.54) is 5.56 Å². The van der Waals surface area contributed by atoms with Gasteiger partial charge in [-0.05, 0) is 19.4 Å². The van der Waals surface area contributed by atoms with Crippen LogP contribution in [0, 0.1) is 6.92 Å². The zero-order valence-electron chi connectivity index (χ0n) is 7.54. The van der Waals surface area contributed by atoms with E-state index in [2.05, 4.69) is 19.1 Å². The van der Waals surface area contributed by atoms with Crippen molar-refractivity contribution in [1.29, 1.82) is 0 Å². The van der Waals surface area contributed by atoms with Crippen LogP contribution in [-0.4, -0.2) is 6.61 Å². The Hall–Kier alpha value is -0.860. The van der Waals surface area contributed by atoms with Crippen molar-refractivity contribution >= 4 is 0 Å². The molecule has 1 aromatic carbocycles. The van der Waals surface area contributed by atoms with Gasteiger partial charge in [0.05, 0.1) is 6.61 Å². The predicted octanol–water partition coefficient (Wildman–Crippen LogP) is 2.46. The number of hydrogen-bond acceptors (Lipinski definition) is 2. The van der Waals surface area contributed by atoms with Crippen LogP contribution in [0.1, 0.15) is 18.1 Å². The molecule has 0 aliphatic carbocycles. The molecule has 2 heteroatoms. The van der Waals surface area contributed by atoms with E-state index in [1.807, 2.05) is 19.1 Å². The van der Waals surface area contributed by atoms with Crippen molar-refractivity contribution in [3.05, 3.63) is 35.4 Å². The minimum atomic E-state index is 0.522. The summed E-state index contributed by atoms with van der Waals surface area (Å²) < 4.78 is 0. The van der Waals surface area contributed by atoms with Crippen molar-refractivity contribution in [2.45, 2.75) is 20.5 Å². The van der Waals surface area contributed by atoms with Crippen LogP contribution < -0.4 is 0 Å². The maximum Gasteiger partial charge on any atom is 0.107 e. The molecule has 0 atom stereocenters. The SMILES string of the molecule is CCOOCc1ccc(C)cc1. The number of aryl methyl sites for hydroxylation is 1. The molecule has 0 radical (unpaired) electrons. The summed E-state index contributed by atoms with van der Waals surface area (Å²) in [6.45, 7) is 5.07. The third kappa shape index (κ3) is 3.03. The molecule has 12 heavy (non-hydrogen) atoms. The largest absolute Gasteiger partial charge is 0.237 e. The first-order chi connectivity index (χ1) is 5.83. The lowest BCUT2D eigenvalue weighted by Crippen LogP contribution is -1.94. The lowest BCUT2D eigenvalue weighted by atomic mass is 10.2. The van der Waals surface area contributed by atoms with Crippen LogP contribution in [0.5, 0.6) is 0 Å². The van der Waals surface area contributed by atoms with Crippen LogP contribution >= 0.6 is 0 Å². The highest BCUT2D eigenvalue weighted by Gasteiger charge is 1.91. The Morgan fingerprint density at radius 2 is 1.75 bits per heavy atom. The zero-order valence-corrected chi connectivity index (χ0v) is 7.54.